The Morgan fingerprint density at radius 1 is 0.764 bits per heavy atom. The lowest BCUT2D eigenvalue weighted by atomic mass is 9.98. The first-order valence-corrected chi connectivity index (χ1v) is 19.3. The molecule has 0 unspecified atom stereocenters. The summed E-state index contributed by atoms with van der Waals surface area (Å²) in [5, 5.41) is 4.95. The molecule has 2 saturated heterocycles. The summed E-state index contributed by atoms with van der Waals surface area (Å²) in [5.74, 6) is 1.45. The van der Waals surface area contributed by atoms with Gasteiger partial charge in [-0.25, -0.2) is 14.8 Å². The monoisotopic (exact) mass is 745 g/mol. The average Bonchev–Trinajstić information content (AvgIpc) is 4.03. The SMILES string of the molecule is COC(=O)N[C@@H](C(=O)N1CCC[C@H]1c1ncc(-c2ccc(-c3ccc4cc(-c5c[nH]c([C@@H]6CCCN6C(=O)[C@H](OC)C(C)C)n5)ccc4c3)cc2)[nH]1)C(C)C. The minimum absolute atomic E-state index is 0.0263. The molecular weight excluding hydrogens is 695 g/mol. The van der Waals surface area contributed by atoms with E-state index in [1.54, 1.807) is 7.11 Å². The van der Waals surface area contributed by atoms with Crippen molar-refractivity contribution in [3.8, 4) is 33.6 Å². The van der Waals surface area contributed by atoms with Crippen LogP contribution in [0.25, 0.3) is 44.4 Å². The Morgan fingerprint density at radius 3 is 2.00 bits per heavy atom. The average molecular weight is 746 g/mol. The minimum Gasteiger partial charge on any atom is -0.453 e. The number of amides is 3. The van der Waals surface area contributed by atoms with E-state index < -0.39 is 18.2 Å². The van der Waals surface area contributed by atoms with Gasteiger partial charge in [-0.15, -0.1) is 0 Å². The van der Waals surface area contributed by atoms with Gasteiger partial charge in [-0.05, 0) is 77.1 Å². The number of benzene rings is 3. The van der Waals surface area contributed by atoms with Gasteiger partial charge in [0.1, 0.15) is 23.8 Å². The quantitative estimate of drug-likeness (QED) is 0.126. The fourth-order valence-corrected chi connectivity index (χ4v) is 8.06. The molecule has 3 amide bonds. The molecule has 5 aromatic rings. The smallest absolute Gasteiger partial charge is 0.407 e. The number of aromatic amines is 2. The molecule has 288 valence electrons. The molecule has 0 spiro atoms. The zero-order chi connectivity index (χ0) is 38.8. The van der Waals surface area contributed by atoms with Crippen molar-refractivity contribution in [1.82, 2.24) is 35.1 Å². The number of alkyl carbamates (subject to hydrolysis) is 1. The standard InChI is InChI=1S/C43H51N7O5/c1-25(2)37(48-43(53)55-6)41(51)49-19-7-9-35(49)39-44-23-33(46-39)28-13-11-27(12-14-28)29-15-16-31-22-32(18-17-30(31)21-29)34-24-45-40(47-34)36-10-8-20-50(36)42(52)38(54-5)26(3)4/h11-18,21-26,35-38H,7-10,19-20H2,1-6H3,(H,44,46)(H,45,47)(H,48,53)/t35-,36-,37+,38+/m0/s1. The largest absolute Gasteiger partial charge is 0.453 e. The number of aromatic nitrogens is 4. The molecule has 2 fully saturated rings. The number of hydrogen-bond acceptors (Lipinski definition) is 7. The van der Waals surface area contributed by atoms with E-state index in [9.17, 15) is 14.4 Å². The lowest BCUT2D eigenvalue weighted by Gasteiger charge is -2.30. The molecule has 2 aliphatic heterocycles. The normalized spacial score (nSPS) is 18.3. The summed E-state index contributed by atoms with van der Waals surface area (Å²) in [5.41, 5.74) is 5.96. The maximum Gasteiger partial charge on any atom is 0.407 e. The Kier molecular flexibility index (Phi) is 11.1. The van der Waals surface area contributed by atoms with Gasteiger partial charge in [0.05, 0.1) is 36.8 Å². The number of likely N-dealkylation sites (tertiary alicyclic amines) is 2. The molecular formula is C43H51N7O5. The van der Waals surface area contributed by atoms with Gasteiger partial charge in [0.25, 0.3) is 5.91 Å². The molecule has 0 bridgehead atoms. The molecule has 2 aromatic heterocycles. The van der Waals surface area contributed by atoms with E-state index in [1.807, 2.05) is 49.9 Å². The Bertz CT molecular complexity index is 2160. The van der Waals surface area contributed by atoms with Crippen molar-refractivity contribution in [2.24, 2.45) is 11.8 Å². The maximum absolute atomic E-state index is 13.5. The zero-order valence-electron chi connectivity index (χ0n) is 32.5. The summed E-state index contributed by atoms with van der Waals surface area (Å²) in [4.78, 5) is 59.0. The van der Waals surface area contributed by atoms with Gasteiger partial charge in [-0.1, -0.05) is 76.2 Å². The van der Waals surface area contributed by atoms with Crippen LogP contribution in [0, 0.1) is 11.8 Å². The highest BCUT2D eigenvalue weighted by atomic mass is 16.5. The summed E-state index contributed by atoms with van der Waals surface area (Å²) >= 11 is 0. The van der Waals surface area contributed by atoms with Crippen LogP contribution in [0.5, 0.6) is 0 Å². The number of rotatable bonds is 11. The van der Waals surface area contributed by atoms with Crippen molar-refractivity contribution in [3.63, 3.8) is 0 Å². The topological polar surface area (TPSA) is 146 Å². The Labute approximate surface area is 322 Å². The van der Waals surface area contributed by atoms with Crippen LogP contribution < -0.4 is 5.32 Å². The highest BCUT2D eigenvalue weighted by molar-refractivity contribution is 5.91. The molecule has 0 aliphatic carbocycles. The molecule has 3 aromatic carbocycles. The number of carbonyl (C=O) groups excluding carboxylic acids is 3. The number of H-pyrrole nitrogens is 2. The first kappa shape index (κ1) is 37.8. The van der Waals surface area contributed by atoms with Gasteiger partial charge in [-0.3, -0.25) is 9.59 Å². The van der Waals surface area contributed by atoms with Crippen LogP contribution >= 0.6 is 0 Å². The summed E-state index contributed by atoms with van der Waals surface area (Å²) in [7, 11) is 2.90. The Morgan fingerprint density at radius 2 is 1.36 bits per heavy atom. The second-order valence-corrected chi connectivity index (χ2v) is 15.3. The summed E-state index contributed by atoms with van der Waals surface area (Å²) in [6, 6.07) is 20.3. The third kappa shape index (κ3) is 7.73. The van der Waals surface area contributed by atoms with E-state index in [0.717, 1.165) is 81.7 Å². The van der Waals surface area contributed by atoms with E-state index in [1.165, 1.54) is 7.11 Å². The van der Waals surface area contributed by atoms with Crippen LogP contribution in [0.15, 0.2) is 73.1 Å². The van der Waals surface area contributed by atoms with Crippen molar-refractivity contribution in [2.75, 3.05) is 27.3 Å². The van der Waals surface area contributed by atoms with Gasteiger partial charge < -0.3 is 34.6 Å². The summed E-state index contributed by atoms with van der Waals surface area (Å²) < 4.78 is 10.3. The van der Waals surface area contributed by atoms with Crippen LogP contribution in [0.3, 0.4) is 0 Å². The van der Waals surface area contributed by atoms with E-state index in [-0.39, 0.29) is 35.7 Å². The van der Waals surface area contributed by atoms with Crippen molar-refractivity contribution in [2.45, 2.75) is 77.6 Å². The van der Waals surface area contributed by atoms with Crippen molar-refractivity contribution >= 4 is 28.7 Å². The molecule has 3 N–H and O–H groups in total. The van der Waals surface area contributed by atoms with Gasteiger partial charge in [0, 0.05) is 32.0 Å². The number of hydrogen-bond donors (Lipinski definition) is 3. The predicted molar refractivity (Wildman–Crippen MR) is 212 cm³/mol. The molecule has 4 heterocycles. The van der Waals surface area contributed by atoms with E-state index in [4.69, 9.17) is 19.4 Å². The molecule has 2 aliphatic rings. The van der Waals surface area contributed by atoms with E-state index in [2.05, 4.69) is 75.9 Å². The van der Waals surface area contributed by atoms with Crippen LogP contribution in [-0.2, 0) is 19.1 Å². The Balaban J connectivity index is 1.03. The van der Waals surface area contributed by atoms with Gasteiger partial charge in [-0.2, -0.15) is 0 Å². The number of methoxy groups -OCH3 is 2. The number of imidazole rings is 2. The van der Waals surface area contributed by atoms with Crippen LogP contribution in [0.2, 0.25) is 0 Å². The number of ether oxygens (including phenoxy) is 2. The van der Waals surface area contributed by atoms with Crippen LogP contribution in [-0.4, -0.2) is 87.1 Å². The minimum atomic E-state index is -0.677. The second kappa shape index (κ2) is 16.1. The van der Waals surface area contributed by atoms with Crippen molar-refractivity contribution in [3.05, 3.63) is 84.7 Å². The number of carbonyl (C=O) groups is 3. The number of fused-ring (bicyclic) bond motifs is 1. The Hall–Kier alpha value is -5.49. The molecule has 55 heavy (non-hydrogen) atoms. The fraction of sp³-hybridized carbons (Fsp3) is 0.419. The molecule has 12 heteroatoms. The van der Waals surface area contributed by atoms with Crippen molar-refractivity contribution in [1.29, 1.82) is 0 Å². The lowest BCUT2D eigenvalue weighted by Crippen LogP contribution is -2.51. The predicted octanol–water partition coefficient (Wildman–Crippen LogP) is 7.67. The fourth-order valence-electron chi connectivity index (χ4n) is 8.06. The molecule has 0 saturated carbocycles. The summed E-state index contributed by atoms with van der Waals surface area (Å²) in [6.45, 7) is 9.15. The molecule has 7 rings (SSSR count). The first-order valence-electron chi connectivity index (χ1n) is 19.3. The third-order valence-electron chi connectivity index (χ3n) is 11.1. The third-order valence-corrected chi connectivity index (χ3v) is 11.1. The van der Waals surface area contributed by atoms with Gasteiger partial charge in [0.2, 0.25) is 5.91 Å². The van der Waals surface area contributed by atoms with E-state index in [0.29, 0.717) is 13.1 Å². The highest BCUT2D eigenvalue weighted by Gasteiger charge is 2.38. The second-order valence-electron chi connectivity index (χ2n) is 15.3. The van der Waals surface area contributed by atoms with Gasteiger partial charge in [0.15, 0.2) is 0 Å². The first-order chi connectivity index (χ1) is 26.6. The van der Waals surface area contributed by atoms with Crippen LogP contribution in [0.4, 0.5) is 4.79 Å². The lowest BCUT2D eigenvalue weighted by molar-refractivity contribution is -0.145. The molecule has 12 nitrogen and oxygen atoms in total. The molecule has 0 radical (unpaired) electrons. The number of nitrogens with one attached hydrogen (secondary N) is 3. The highest BCUT2D eigenvalue weighted by Crippen LogP contribution is 2.36. The van der Waals surface area contributed by atoms with Gasteiger partial charge >= 0.3 is 6.09 Å². The van der Waals surface area contributed by atoms with E-state index >= 15 is 0 Å². The maximum atomic E-state index is 13.5. The summed E-state index contributed by atoms with van der Waals surface area (Å²) in [6.07, 6.45) is 6.14. The van der Waals surface area contributed by atoms with Crippen molar-refractivity contribution < 1.29 is 23.9 Å². The zero-order valence-corrected chi connectivity index (χ0v) is 32.5. The number of nitrogens with zero attached hydrogens (tertiary/aromatic N) is 4. The molecule has 4 atom stereocenters. The van der Waals surface area contributed by atoms with Crippen LogP contribution in [0.1, 0.15) is 77.1 Å².